The van der Waals surface area contributed by atoms with E-state index in [9.17, 15) is 14.0 Å². The van der Waals surface area contributed by atoms with Crippen molar-refractivity contribution in [1.82, 2.24) is 15.1 Å². The van der Waals surface area contributed by atoms with E-state index in [-0.39, 0.29) is 24.8 Å². The number of nitrogens with zero attached hydrogens (tertiary/aromatic N) is 3. The van der Waals surface area contributed by atoms with Crippen LogP contribution in [0, 0.1) is 5.82 Å². The first-order chi connectivity index (χ1) is 15.3. The van der Waals surface area contributed by atoms with Crippen molar-refractivity contribution in [2.24, 2.45) is 0 Å². The molecule has 3 aromatic rings. The zero-order valence-corrected chi connectivity index (χ0v) is 18.2. The van der Waals surface area contributed by atoms with Gasteiger partial charge in [0.25, 0.3) is 0 Å². The number of hydrogen-bond donors (Lipinski definition) is 0. The summed E-state index contributed by atoms with van der Waals surface area (Å²) in [5, 5.41) is 8.57. The minimum atomic E-state index is -1.33. The Hall–Kier alpha value is -3.61. The zero-order valence-electron chi connectivity index (χ0n) is 18.2. The van der Waals surface area contributed by atoms with Gasteiger partial charge in [0, 0.05) is 12.6 Å². The lowest BCUT2D eigenvalue weighted by molar-refractivity contribution is -0.155. The summed E-state index contributed by atoms with van der Waals surface area (Å²) in [4.78, 5) is 27.8. The zero-order chi connectivity index (χ0) is 22.9. The second kappa shape index (κ2) is 8.15. The summed E-state index contributed by atoms with van der Waals surface area (Å²) < 4.78 is 19.3. The Labute approximate surface area is 186 Å². The molecule has 0 saturated carbocycles. The third kappa shape index (κ3) is 3.53. The van der Waals surface area contributed by atoms with Gasteiger partial charge in [-0.2, -0.15) is 10.2 Å². The van der Waals surface area contributed by atoms with Gasteiger partial charge in [0.1, 0.15) is 17.8 Å². The van der Waals surface area contributed by atoms with Crippen LogP contribution in [0.1, 0.15) is 31.5 Å². The molecule has 164 valence electrons. The highest BCUT2D eigenvalue weighted by Crippen LogP contribution is 2.48. The molecule has 0 N–H and O–H groups in total. The molecule has 32 heavy (non-hydrogen) atoms. The maximum absolute atomic E-state index is 13.6. The van der Waals surface area contributed by atoms with Crippen molar-refractivity contribution in [3.05, 3.63) is 83.8 Å². The first kappa shape index (κ1) is 21.6. The second-order valence-electron chi connectivity index (χ2n) is 8.47. The minimum absolute atomic E-state index is 0.0713. The Morgan fingerprint density at radius 1 is 1.06 bits per heavy atom. The third-order valence-corrected chi connectivity index (χ3v) is 6.46. The van der Waals surface area contributed by atoms with Crippen LogP contribution in [0.5, 0.6) is 0 Å². The monoisotopic (exact) mass is 433 g/mol. The number of likely N-dealkylation sites (tertiary alicyclic amines) is 1. The van der Waals surface area contributed by atoms with Gasteiger partial charge in [0.05, 0.1) is 23.3 Å². The molecule has 2 heterocycles. The van der Waals surface area contributed by atoms with Crippen molar-refractivity contribution >= 4 is 11.9 Å². The van der Waals surface area contributed by atoms with E-state index < -0.39 is 16.9 Å². The molecule has 1 aliphatic heterocycles. The lowest BCUT2D eigenvalue weighted by Crippen LogP contribution is -2.56. The Kier molecular flexibility index (Phi) is 5.50. The molecule has 1 aliphatic rings. The average molecular weight is 433 g/mol. The number of rotatable bonds is 5. The molecular weight excluding hydrogens is 409 g/mol. The predicted octanol–water partition coefficient (Wildman–Crippen LogP) is 3.90. The van der Waals surface area contributed by atoms with Crippen molar-refractivity contribution in [3.8, 4) is 11.3 Å². The summed E-state index contributed by atoms with van der Waals surface area (Å²) in [5.41, 5.74) is 0.00571. The Bertz CT molecular complexity index is 1150. The summed E-state index contributed by atoms with van der Waals surface area (Å²) in [6.45, 7) is 3.73. The minimum Gasteiger partial charge on any atom is -0.460 e. The number of likely N-dealkylation sites (N-methyl/N-ethyl adjacent to an activating group) is 1. The van der Waals surface area contributed by atoms with Gasteiger partial charge in [0.15, 0.2) is 0 Å². The Balaban J connectivity index is 1.72. The first-order valence-corrected chi connectivity index (χ1v) is 10.3. The highest BCUT2D eigenvalue weighted by Gasteiger charge is 2.64. The molecule has 6 nitrogen and oxygen atoms in total. The molecule has 1 aromatic heterocycles. The first-order valence-electron chi connectivity index (χ1n) is 10.3. The second-order valence-corrected chi connectivity index (χ2v) is 8.47. The summed E-state index contributed by atoms with van der Waals surface area (Å²) in [7, 11) is 1.67. The molecule has 0 aliphatic carbocycles. The van der Waals surface area contributed by atoms with Gasteiger partial charge in [-0.15, -0.1) is 0 Å². The van der Waals surface area contributed by atoms with E-state index in [0.29, 0.717) is 17.0 Å². The maximum Gasteiger partial charge on any atom is 0.321 e. The van der Waals surface area contributed by atoms with Crippen LogP contribution in [-0.2, 0) is 26.3 Å². The van der Waals surface area contributed by atoms with Gasteiger partial charge in [-0.3, -0.25) is 9.59 Å². The summed E-state index contributed by atoms with van der Waals surface area (Å²) in [6, 6.07) is 18.7. The molecular formula is C25H24FN3O3. The number of hydrogen-bond acceptors (Lipinski definition) is 5. The standard InChI is InChI=1S/C25H24FN3O3/c1-24(2)25(15-22(30)29(24)3,23(31)32-16-17-8-5-4-6-9-17)21-13-12-20(27-28-21)18-10-7-11-19(26)14-18/h4-14H,15-16H2,1-3H3. The van der Waals surface area contributed by atoms with Crippen LogP contribution >= 0.6 is 0 Å². The van der Waals surface area contributed by atoms with E-state index in [2.05, 4.69) is 10.2 Å². The average Bonchev–Trinajstić information content (AvgIpc) is 2.98. The predicted molar refractivity (Wildman–Crippen MR) is 117 cm³/mol. The quantitative estimate of drug-likeness (QED) is 0.571. The van der Waals surface area contributed by atoms with Crippen LogP contribution in [-0.4, -0.2) is 39.6 Å². The van der Waals surface area contributed by atoms with Crippen molar-refractivity contribution in [2.45, 2.75) is 37.8 Å². The number of amides is 1. The van der Waals surface area contributed by atoms with Crippen LogP contribution in [0.4, 0.5) is 4.39 Å². The number of esters is 1. The smallest absolute Gasteiger partial charge is 0.321 e. The number of aromatic nitrogens is 2. The molecule has 1 unspecified atom stereocenters. The van der Waals surface area contributed by atoms with Gasteiger partial charge < -0.3 is 9.64 Å². The van der Waals surface area contributed by atoms with Crippen LogP contribution in [0.15, 0.2) is 66.7 Å². The van der Waals surface area contributed by atoms with Gasteiger partial charge >= 0.3 is 5.97 Å². The molecule has 1 atom stereocenters. The molecule has 1 amide bonds. The van der Waals surface area contributed by atoms with Crippen molar-refractivity contribution in [2.75, 3.05) is 7.05 Å². The van der Waals surface area contributed by atoms with Gasteiger partial charge in [0.2, 0.25) is 5.91 Å². The molecule has 1 fully saturated rings. The van der Waals surface area contributed by atoms with Crippen LogP contribution in [0.2, 0.25) is 0 Å². The Morgan fingerprint density at radius 3 is 2.41 bits per heavy atom. The fourth-order valence-electron chi connectivity index (χ4n) is 4.20. The molecule has 0 radical (unpaired) electrons. The van der Waals surface area contributed by atoms with Gasteiger partial charge in [-0.1, -0.05) is 42.5 Å². The Morgan fingerprint density at radius 2 is 1.81 bits per heavy atom. The van der Waals surface area contributed by atoms with Crippen LogP contribution in [0.25, 0.3) is 11.3 Å². The van der Waals surface area contributed by atoms with E-state index in [1.807, 2.05) is 44.2 Å². The molecule has 2 aromatic carbocycles. The lowest BCUT2D eigenvalue weighted by atomic mass is 9.69. The third-order valence-electron chi connectivity index (χ3n) is 6.46. The fourth-order valence-corrected chi connectivity index (χ4v) is 4.20. The summed E-state index contributed by atoms with van der Waals surface area (Å²) >= 11 is 0. The lowest BCUT2D eigenvalue weighted by Gasteiger charge is -2.40. The summed E-state index contributed by atoms with van der Waals surface area (Å²) in [5.74, 6) is -1.09. The van der Waals surface area contributed by atoms with E-state index in [4.69, 9.17) is 4.74 Å². The molecule has 0 bridgehead atoms. The maximum atomic E-state index is 13.6. The number of benzene rings is 2. The van der Waals surface area contributed by atoms with Crippen LogP contribution in [0.3, 0.4) is 0 Å². The van der Waals surface area contributed by atoms with E-state index in [1.165, 1.54) is 12.1 Å². The van der Waals surface area contributed by atoms with Crippen molar-refractivity contribution < 1.29 is 18.7 Å². The van der Waals surface area contributed by atoms with Crippen molar-refractivity contribution in [1.29, 1.82) is 0 Å². The van der Waals surface area contributed by atoms with Gasteiger partial charge in [-0.05, 0) is 43.7 Å². The largest absolute Gasteiger partial charge is 0.460 e. The van der Waals surface area contributed by atoms with Crippen LogP contribution < -0.4 is 0 Å². The normalized spacial score (nSPS) is 19.8. The van der Waals surface area contributed by atoms with Crippen molar-refractivity contribution in [3.63, 3.8) is 0 Å². The number of carbonyl (C=O) groups excluding carboxylic acids is 2. The van der Waals surface area contributed by atoms with Gasteiger partial charge in [-0.25, -0.2) is 4.39 Å². The highest BCUT2D eigenvalue weighted by molar-refractivity contribution is 5.96. The van der Waals surface area contributed by atoms with E-state index in [1.54, 1.807) is 36.2 Å². The molecule has 1 saturated heterocycles. The SMILES string of the molecule is CN1C(=O)CC(C(=O)OCc2ccccc2)(c2ccc(-c3cccc(F)c3)nn2)C1(C)C. The molecule has 7 heteroatoms. The fraction of sp³-hybridized carbons (Fsp3) is 0.280. The highest BCUT2D eigenvalue weighted by atomic mass is 19.1. The number of carbonyl (C=O) groups is 2. The number of ether oxygens (including phenoxy) is 1. The molecule has 4 rings (SSSR count). The van der Waals surface area contributed by atoms with E-state index in [0.717, 1.165) is 5.56 Å². The number of halogens is 1. The van der Waals surface area contributed by atoms with E-state index >= 15 is 0 Å². The summed E-state index contributed by atoms with van der Waals surface area (Å²) in [6.07, 6.45) is -0.0713. The topological polar surface area (TPSA) is 72.4 Å². The molecule has 0 spiro atoms.